The van der Waals surface area contributed by atoms with E-state index in [0.717, 1.165) is 18.2 Å². The molecule has 0 N–H and O–H groups in total. The number of rotatable bonds is 3. The van der Waals surface area contributed by atoms with Crippen LogP contribution in [0.3, 0.4) is 0 Å². The number of benzene rings is 1. The van der Waals surface area contributed by atoms with Crippen LogP contribution in [-0.4, -0.2) is 10.8 Å². The maximum Gasteiger partial charge on any atom is 0.416 e. The van der Waals surface area contributed by atoms with Crippen molar-refractivity contribution in [2.24, 2.45) is 0 Å². The summed E-state index contributed by atoms with van der Waals surface area (Å²) < 4.78 is 52.8. The van der Waals surface area contributed by atoms with Gasteiger partial charge >= 0.3 is 6.18 Å². The molecule has 1 aromatic heterocycles. The van der Waals surface area contributed by atoms with Gasteiger partial charge in [-0.2, -0.15) is 13.2 Å². The normalized spacial score (nSPS) is 11.5. The van der Waals surface area contributed by atoms with E-state index < -0.39 is 17.6 Å². The second-order valence-electron chi connectivity index (χ2n) is 4.83. The van der Waals surface area contributed by atoms with Gasteiger partial charge < -0.3 is 0 Å². The van der Waals surface area contributed by atoms with E-state index in [1.807, 2.05) is 0 Å². The molecule has 116 valence electrons. The van der Waals surface area contributed by atoms with Gasteiger partial charge in [0.1, 0.15) is 5.82 Å². The van der Waals surface area contributed by atoms with E-state index in [4.69, 9.17) is 0 Å². The van der Waals surface area contributed by atoms with Crippen LogP contribution >= 0.6 is 0 Å². The molecule has 0 saturated heterocycles. The van der Waals surface area contributed by atoms with E-state index in [-0.39, 0.29) is 28.3 Å². The average Bonchev–Trinajstić information content (AvgIpc) is 2.45. The molecular formula is C16H13F4NO. The van der Waals surface area contributed by atoms with Gasteiger partial charge in [0, 0.05) is 16.8 Å². The summed E-state index contributed by atoms with van der Waals surface area (Å²) in [6.07, 6.45) is -4.23. The molecule has 22 heavy (non-hydrogen) atoms. The Labute approximate surface area is 124 Å². The molecule has 1 heterocycles. The van der Waals surface area contributed by atoms with Gasteiger partial charge in [-0.3, -0.25) is 9.78 Å². The van der Waals surface area contributed by atoms with Crippen LogP contribution in [0.4, 0.5) is 17.6 Å². The Morgan fingerprint density at radius 2 is 1.86 bits per heavy atom. The average molecular weight is 311 g/mol. The lowest BCUT2D eigenvalue weighted by atomic mass is 10.0. The molecule has 0 radical (unpaired) electrons. The molecule has 2 aromatic rings. The summed E-state index contributed by atoms with van der Waals surface area (Å²) in [6.45, 7) is 2.95. The predicted molar refractivity (Wildman–Crippen MR) is 74.0 cm³/mol. The summed E-state index contributed by atoms with van der Waals surface area (Å²) in [5.74, 6) is -1.10. The molecular weight excluding hydrogens is 298 g/mol. The maximum atomic E-state index is 14.1. The van der Waals surface area contributed by atoms with Crippen molar-refractivity contribution >= 4 is 5.78 Å². The van der Waals surface area contributed by atoms with E-state index >= 15 is 0 Å². The number of nitrogens with zero attached hydrogens (tertiary/aromatic N) is 1. The summed E-state index contributed by atoms with van der Waals surface area (Å²) in [5.41, 5.74) is -0.654. The van der Waals surface area contributed by atoms with Gasteiger partial charge in [0.05, 0.1) is 11.3 Å². The Morgan fingerprint density at radius 1 is 1.18 bits per heavy atom. The van der Waals surface area contributed by atoms with E-state index in [0.29, 0.717) is 6.42 Å². The molecule has 0 aliphatic rings. The first-order chi connectivity index (χ1) is 10.2. The van der Waals surface area contributed by atoms with Crippen LogP contribution in [0, 0.1) is 5.82 Å². The fraction of sp³-hybridized carbons (Fsp3) is 0.250. The van der Waals surface area contributed by atoms with Crippen molar-refractivity contribution in [2.45, 2.75) is 26.4 Å². The van der Waals surface area contributed by atoms with E-state index in [1.54, 1.807) is 6.92 Å². The van der Waals surface area contributed by atoms with Crippen LogP contribution in [0.1, 0.15) is 35.5 Å². The number of alkyl halides is 3. The van der Waals surface area contributed by atoms with Gasteiger partial charge in [0.15, 0.2) is 5.78 Å². The molecule has 2 nitrogen and oxygen atoms in total. The Morgan fingerprint density at radius 3 is 2.36 bits per heavy atom. The third kappa shape index (κ3) is 3.32. The minimum absolute atomic E-state index is 0.0641. The minimum atomic E-state index is -4.53. The minimum Gasteiger partial charge on any atom is -0.295 e. The summed E-state index contributed by atoms with van der Waals surface area (Å²) in [7, 11) is 0. The number of pyridine rings is 1. The Kier molecular flexibility index (Phi) is 4.30. The molecule has 0 bridgehead atoms. The number of Topliss-reactive ketones (excluding diaryl/α,β-unsaturated/α-hetero) is 1. The number of hydrogen-bond acceptors (Lipinski definition) is 2. The summed E-state index contributed by atoms with van der Waals surface area (Å²) in [5, 5.41) is 0. The zero-order valence-electron chi connectivity index (χ0n) is 12.0. The number of aryl methyl sites for hydroxylation is 1. The Balaban J connectivity index is 2.59. The number of hydrogen-bond donors (Lipinski definition) is 0. The smallest absolute Gasteiger partial charge is 0.295 e. The second-order valence-corrected chi connectivity index (χ2v) is 4.83. The third-order valence-electron chi connectivity index (χ3n) is 3.22. The summed E-state index contributed by atoms with van der Waals surface area (Å²) >= 11 is 0. The summed E-state index contributed by atoms with van der Waals surface area (Å²) in [4.78, 5) is 15.2. The predicted octanol–water partition coefficient (Wildman–Crippen LogP) is 4.67. The lowest BCUT2D eigenvalue weighted by Gasteiger charge is -2.12. The lowest BCUT2D eigenvalue weighted by molar-refractivity contribution is -0.137. The molecule has 0 saturated carbocycles. The molecule has 0 aliphatic heterocycles. The number of carbonyl (C=O) groups excluding carboxylic acids is 1. The molecule has 0 unspecified atom stereocenters. The molecule has 6 heteroatoms. The van der Waals surface area contributed by atoms with Crippen molar-refractivity contribution in [1.29, 1.82) is 0 Å². The monoisotopic (exact) mass is 311 g/mol. The highest BCUT2D eigenvalue weighted by molar-refractivity contribution is 5.94. The fourth-order valence-electron chi connectivity index (χ4n) is 2.01. The Hall–Kier alpha value is -2.24. The molecule has 0 spiro atoms. The van der Waals surface area contributed by atoms with Gasteiger partial charge in [0.2, 0.25) is 0 Å². The van der Waals surface area contributed by atoms with Crippen LogP contribution in [0.5, 0.6) is 0 Å². The third-order valence-corrected chi connectivity index (χ3v) is 3.22. The Bertz CT molecular complexity index is 723. The number of ketones is 1. The molecule has 2 rings (SSSR count). The van der Waals surface area contributed by atoms with E-state index in [9.17, 15) is 22.4 Å². The van der Waals surface area contributed by atoms with Gasteiger partial charge in [-0.25, -0.2) is 4.39 Å². The zero-order valence-corrected chi connectivity index (χ0v) is 12.0. The zero-order chi connectivity index (χ0) is 16.5. The van der Waals surface area contributed by atoms with Gasteiger partial charge in [-0.15, -0.1) is 0 Å². The van der Waals surface area contributed by atoms with Crippen LogP contribution in [0.25, 0.3) is 11.3 Å². The van der Waals surface area contributed by atoms with Gasteiger partial charge in [-0.1, -0.05) is 13.0 Å². The topological polar surface area (TPSA) is 30.0 Å². The van der Waals surface area contributed by atoms with Crippen molar-refractivity contribution in [2.75, 3.05) is 0 Å². The lowest BCUT2D eigenvalue weighted by Crippen LogP contribution is -2.08. The maximum absolute atomic E-state index is 14.1. The first-order valence-electron chi connectivity index (χ1n) is 6.61. The highest BCUT2D eigenvalue weighted by Gasteiger charge is 2.31. The first kappa shape index (κ1) is 16.1. The highest BCUT2D eigenvalue weighted by atomic mass is 19.4. The number of aromatic nitrogens is 1. The van der Waals surface area contributed by atoms with Crippen LogP contribution < -0.4 is 0 Å². The second kappa shape index (κ2) is 5.87. The van der Waals surface area contributed by atoms with Gasteiger partial charge in [-0.05, 0) is 37.6 Å². The number of halogens is 4. The molecule has 0 atom stereocenters. The van der Waals surface area contributed by atoms with E-state index in [2.05, 4.69) is 4.98 Å². The van der Waals surface area contributed by atoms with Crippen molar-refractivity contribution < 1.29 is 22.4 Å². The van der Waals surface area contributed by atoms with Crippen LogP contribution in [0.15, 0.2) is 30.3 Å². The highest BCUT2D eigenvalue weighted by Crippen LogP contribution is 2.33. The van der Waals surface area contributed by atoms with Crippen molar-refractivity contribution in [3.05, 3.63) is 53.0 Å². The molecule has 0 fully saturated rings. The molecule has 0 amide bonds. The van der Waals surface area contributed by atoms with Gasteiger partial charge in [0.25, 0.3) is 0 Å². The van der Waals surface area contributed by atoms with Crippen molar-refractivity contribution in [1.82, 2.24) is 4.98 Å². The van der Waals surface area contributed by atoms with Crippen molar-refractivity contribution in [3.8, 4) is 11.3 Å². The molecule has 1 aromatic carbocycles. The first-order valence-corrected chi connectivity index (χ1v) is 6.61. The SMILES string of the molecule is CCc1cc(C(F)(F)F)cc(-c2ccc(C(C)=O)cc2F)n1. The largest absolute Gasteiger partial charge is 0.416 e. The van der Waals surface area contributed by atoms with Crippen LogP contribution in [-0.2, 0) is 12.6 Å². The quantitative estimate of drug-likeness (QED) is 0.609. The van der Waals surface area contributed by atoms with Crippen LogP contribution in [0.2, 0.25) is 0 Å². The standard InChI is InChI=1S/C16H13F4NO/c1-3-12-7-11(16(18,19)20)8-15(21-12)13-5-4-10(9(2)22)6-14(13)17/h4-8H,3H2,1-2H3. The fourth-order valence-corrected chi connectivity index (χ4v) is 2.01. The number of carbonyl (C=O) groups is 1. The van der Waals surface area contributed by atoms with E-state index in [1.165, 1.54) is 19.1 Å². The summed E-state index contributed by atoms with van der Waals surface area (Å²) in [6, 6.07) is 5.41. The molecule has 0 aliphatic carbocycles. The van der Waals surface area contributed by atoms with Crippen molar-refractivity contribution in [3.63, 3.8) is 0 Å².